The zero-order valence-electron chi connectivity index (χ0n) is 12.9. The molecule has 0 N–H and O–H groups in total. The fourth-order valence-electron chi connectivity index (χ4n) is 2.39. The van der Waals surface area contributed by atoms with Crippen molar-refractivity contribution in [2.45, 2.75) is 26.9 Å². The Morgan fingerprint density at radius 3 is 2.45 bits per heavy atom. The van der Waals surface area contributed by atoms with Gasteiger partial charge in [-0.2, -0.15) is 0 Å². The summed E-state index contributed by atoms with van der Waals surface area (Å²) in [4.78, 5) is 12.6. The van der Waals surface area contributed by atoms with Gasteiger partial charge in [0, 0.05) is 6.07 Å². The molecule has 0 aliphatic carbocycles. The standard InChI is InChI=1S/C19H18O3/c1-12(2)22-15-8-9-16-18(10-15)21-11-17(19(16)20)14-6-4-13(3)5-7-14/h4-12H,1-3H3. The van der Waals surface area contributed by atoms with Crippen molar-refractivity contribution in [3.63, 3.8) is 0 Å². The minimum absolute atomic E-state index is 0.0267. The van der Waals surface area contributed by atoms with Crippen molar-refractivity contribution in [1.82, 2.24) is 0 Å². The smallest absolute Gasteiger partial charge is 0.200 e. The average Bonchev–Trinajstić information content (AvgIpc) is 2.48. The molecule has 3 aromatic rings. The van der Waals surface area contributed by atoms with Crippen molar-refractivity contribution < 1.29 is 9.15 Å². The van der Waals surface area contributed by atoms with E-state index in [9.17, 15) is 4.79 Å². The van der Waals surface area contributed by atoms with E-state index in [2.05, 4.69) is 0 Å². The Morgan fingerprint density at radius 1 is 1.05 bits per heavy atom. The molecular weight excluding hydrogens is 276 g/mol. The number of benzene rings is 2. The predicted octanol–water partition coefficient (Wildman–Crippen LogP) is 4.56. The van der Waals surface area contributed by atoms with E-state index in [0.29, 0.717) is 22.3 Å². The van der Waals surface area contributed by atoms with Crippen LogP contribution in [0.2, 0.25) is 0 Å². The van der Waals surface area contributed by atoms with Crippen molar-refractivity contribution in [3.05, 3.63) is 64.5 Å². The van der Waals surface area contributed by atoms with E-state index in [-0.39, 0.29) is 11.5 Å². The highest BCUT2D eigenvalue weighted by Crippen LogP contribution is 2.23. The molecule has 112 valence electrons. The number of aryl methyl sites for hydroxylation is 1. The number of fused-ring (bicyclic) bond motifs is 1. The van der Waals surface area contributed by atoms with Crippen molar-refractivity contribution in [1.29, 1.82) is 0 Å². The first-order valence-corrected chi connectivity index (χ1v) is 7.34. The second-order valence-electron chi connectivity index (χ2n) is 5.67. The minimum atomic E-state index is -0.0267. The molecule has 2 aromatic carbocycles. The lowest BCUT2D eigenvalue weighted by Gasteiger charge is -2.10. The van der Waals surface area contributed by atoms with Crippen molar-refractivity contribution >= 4 is 11.0 Å². The number of hydrogen-bond donors (Lipinski definition) is 0. The summed E-state index contributed by atoms with van der Waals surface area (Å²) in [5.74, 6) is 0.703. The van der Waals surface area contributed by atoms with Crippen LogP contribution in [-0.4, -0.2) is 6.10 Å². The van der Waals surface area contributed by atoms with E-state index in [1.165, 1.54) is 6.26 Å². The predicted molar refractivity (Wildman–Crippen MR) is 88.4 cm³/mol. The van der Waals surface area contributed by atoms with Crippen LogP contribution in [0.4, 0.5) is 0 Å². The summed E-state index contributed by atoms with van der Waals surface area (Å²) in [6, 6.07) is 13.2. The van der Waals surface area contributed by atoms with Crippen LogP contribution in [0.1, 0.15) is 19.4 Å². The summed E-state index contributed by atoms with van der Waals surface area (Å²) in [5, 5.41) is 0.564. The van der Waals surface area contributed by atoms with Gasteiger partial charge < -0.3 is 9.15 Å². The molecule has 0 radical (unpaired) electrons. The van der Waals surface area contributed by atoms with Crippen LogP contribution in [-0.2, 0) is 0 Å². The Morgan fingerprint density at radius 2 is 1.77 bits per heavy atom. The van der Waals surface area contributed by atoms with E-state index in [1.807, 2.05) is 45.0 Å². The summed E-state index contributed by atoms with van der Waals surface area (Å²) in [7, 11) is 0. The van der Waals surface area contributed by atoms with Crippen molar-refractivity contribution in [3.8, 4) is 16.9 Å². The number of ether oxygens (including phenoxy) is 1. The van der Waals surface area contributed by atoms with Crippen LogP contribution in [0.15, 0.2) is 57.9 Å². The third-order valence-corrected chi connectivity index (χ3v) is 3.48. The molecule has 22 heavy (non-hydrogen) atoms. The SMILES string of the molecule is Cc1ccc(-c2coc3cc(OC(C)C)ccc3c2=O)cc1. The minimum Gasteiger partial charge on any atom is -0.491 e. The first-order valence-electron chi connectivity index (χ1n) is 7.34. The van der Waals surface area contributed by atoms with Gasteiger partial charge in [-0.25, -0.2) is 0 Å². The van der Waals surface area contributed by atoms with E-state index < -0.39 is 0 Å². The molecule has 1 aromatic heterocycles. The number of rotatable bonds is 3. The van der Waals surface area contributed by atoms with Gasteiger partial charge in [0.1, 0.15) is 17.6 Å². The van der Waals surface area contributed by atoms with Crippen molar-refractivity contribution in [2.24, 2.45) is 0 Å². The summed E-state index contributed by atoms with van der Waals surface area (Å²) < 4.78 is 11.3. The molecule has 0 fully saturated rings. The lowest BCUT2D eigenvalue weighted by molar-refractivity contribution is 0.242. The molecule has 0 spiro atoms. The Kier molecular flexibility index (Phi) is 3.72. The van der Waals surface area contributed by atoms with Crippen LogP contribution in [0, 0.1) is 6.92 Å². The molecule has 0 atom stereocenters. The zero-order chi connectivity index (χ0) is 15.7. The first kappa shape index (κ1) is 14.4. The molecule has 0 saturated heterocycles. The van der Waals surface area contributed by atoms with Crippen molar-refractivity contribution in [2.75, 3.05) is 0 Å². The topological polar surface area (TPSA) is 39.4 Å². The van der Waals surface area contributed by atoms with Crippen LogP contribution in [0.3, 0.4) is 0 Å². The van der Waals surface area contributed by atoms with Gasteiger partial charge in [-0.1, -0.05) is 29.8 Å². The van der Waals surface area contributed by atoms with Gasteiger partial charge in [-0.15, -0.1) is 0 Å². The highest BCUT2D eigenvalue weighted by molar-refractivity contribution is 5.82. The maximum absolute atomic E-state index is 12.6. The summed E-state index contributed by atoms with van der Waals surface area (Å²) in [6.45, 7) is 5.94. The molecule has 0 bridgehead atoms. The fraction of sp³-hybridized carbons (Fsp3) is 0.211. The summed E-state index contributed by atoms with van der Waals surface area (Å²) >= 11 is 0. The average molecular weight is 294 g/mol. The van der Waals surface area contributed by atoms with Gasteiger partial charge in [0.25, 0.3) is 0 Å². The van der Waals surface area contributed by atoms with Gasteiger partial charge in [0.15, 0.2) is 5.43 Å². The maximum Gasteiger partial charge on any atom is 0.200 e. The highest BCUT2D eigenvalue weighted by Gasteiger charge is 2.10. The lowest BCUT2D eigenvalue weighted by Crippen LogP contribution is -2.07. The van der Waals surface area contributed by atoms with Gasteiger partial charge in [0.2, 0.25) is 0 Å². The Labute approximate surface area is 129 Å². The summed E-state index contributed by atoms with van der Waals surface area (Å²) in [6.07, 6.45) is 1.60. The van der Waals surface area contributed by atoms with Gasteiger partial charge in [0.05, 0.1) is 17.1 Å². The molecule has 3 nitrogen and oxygen atoms in total. The maximum atomic E-state index is 12.6. The van der Waals surface area contributed by atoms with Crippen LogP contribution in [0.5, 0.6) is 5.75 Å². The third kappa shape index (κ3) is 2.75. The van der Waals surface area contributed by atoms with Gasteiger partial charge >= 0.3 is 0 Å². The first-order chi connectivity index (χ1) is 10.5. The Hall–Kier alpha value is -2.55. The largest absolute Gasteiger partial charge is 0.491 e. The zero-order valence-corrected chi connectivity index (χ0v) is 12.9. The van der Waals surface area contributed by atoms with E-state index in [0.717, 1.165) is 11.1 Å². The van der Waals surface area contributed by atoms with E-state index >= 15 is 0 Å². The molecular formula is C19H18O3. The molecule has 0 aliphatic rings. The normalized spacial score (nSPS) is 11.1. The second-order valence-corrected chi connectivity index (χ2v) is 5.67. The molecule has 1 heterocycles. The van der Waals surface area contributed by atoms with Gasteiger partial charge in [-0.3, -0.25) is 4.79 Å². The molecule has 0 aliphatic heterocycles. The molecule has 0 amide bonds. The monoisotopic (exact) mass is 294 g/mol. The molecule has 3 rings (SSSR count). The Balaban J connectivity index is 2.10. The quantitative estimate of drug-likeness (QED) is 0.711. The van der Waals surface area contributed by atoms with Crippen LogP contribution < -0.4 is 10.2 Å². The third-order valence-electron chi connectivity index (χ3n) is 3.48. The fourth-order valence-corrected chi connectivity index (χ4v) is 2.39. The molecule has 0 saturated carbocycles. The van der Waals surface area contributed by atoms with E-state index in [1.54, 1.807) is 18.2 Å². The molecule has 0 unspecified atom stereocenters. The summed E-state index contributed by atoms with van der Waals surface area (Å²) in [5.41, 5.74) is 3.11. The van der Waals surface area contributed by atoms with Crippen LogP contribution >= 0.6 is 0 Å². The Bertz CT molecular complexity index is 858. The highest BCUT2D eigenvalue weighted by atomic mass is 16.5. The lowest BCUT2D eigenvalue weighted by atomic mass is 10.0. The number of hydrogen-bond acceptors (Lipinski definition) is 3. The second kappa shape index (κ2) is 5.68. The van der Waals surface area contributed by atoms with Crippen LogP contribution in [0.25, 0.3) is 22.1 Å². The van der Waals surface area contributed by atoms with E-state index in [4.69, 9.17) is 9.15 Å². The molecule has 3 heteroatoms. The van der Waals surface area contributed by atoms with Gasteiger partial charge in [-0.05, 0) is 38.5 Å².